The van der Waals surface area contributed by atoms with Crippen LogP contribution in [0.25, 0.3) is 0 Å². The number of rotatable bonds is 4. The van der Waals surface area contributed by atoms with Crippen molar-refractivity contribution in [2.45, 2.75) is 0 Å². The van der Waals surface area contributed by atoms with E-state index in [1.807, 2.05) is 0 Å². The predicted octanol–water partition coefficient (Wildman–Crippen LogP) is 1.70. The smallest absolute Gasteiger partial charge is 0.324 e. The van der Waals surface area contributed by atoms with E-state index in [0.29, 0.717) is 5.56 Å². The van der Waals surface area contributed by atoms with Gasteiger partial charge < -0.3 is 9.42 Å². The van der Waals surface area contributed by atoms with Crippen molar-refractivity contribution in [2.75, 3.05) is 13.3 Å². The Labute approximate surface area is 82.1 Å². The molecule has 0 saturated carbocycles. The molecule has 76 valence electrons. The maximum Gasteiger partial charge on any atom is 0.325 e. The number of benzene rings is 1. The van der Waals surface area contributed by atoms with Gasteiger partial charge in [-0.15, -0.1) is 0 Å². The summed E-state index contributed by atoms with van der Waals surface area (Å²) in [5.41, 5.74) is 0.473. The van der Waals surface area contributed by atoms with Gasteiger partial charge in [0.2, 0.25) is 0 Å². The van der Waals surface area contributed by atoms with Crippen LogP contribution in [0.2, 0.25) is 0 Å². The van der Waals surface area contributed by atoms with Gasteiger partial charge in [0.25, 0.3) is 0 Å². The Morgan fingerprint density at radius 3 is 2.50 bits per heavy atom. The van der Waals surface area contributed by atoms with Crippen LogP contribution >= 0.6 is 7.60 Å². The fourth-order valence-corrected chi connectivity index (χ4v) is 1.24. The SMILES string of the molecule is CP(=O)(O)OCC(=O)c1ccccc1. The summed E-state index contributed by atoms with van der Waals surface area (Å²) in [5.74, 6) is -0.304. The zero-order valence-corrected chi connectivity index (χ0v) is 8.61. The van der Waals surface area contributed by atoms with Gasteiger partial charge in [-0.05, 0) is 0 Å². The second-order valence-electron chi connectivity index (χ2n) is 2.87. The molecule has 1 aromatic rings. The quantitative estimate of drug-likeness (QED) is 0.612. The number of carbonyl (C=O) groups is 1. The van der Waals surface area contributed by atoms with Gasteiger partial charge in [0, 0.05) is 12.2 Å². The normalized spacial score (nSPS) is 14.7. The van der Waals surface area contributed by atoms with Crippen molar-refractivity contribution < 1.29 is 18.8 Å². The Bertz CT molecular complexity index is 354. The van der Waals surface area contributed by atoms with Gasteiger partial charge in [0.15, 0.2) is 5.78 Å². The van der Waals surface area contributed by atoms with Gasteiger partial charge in [-0.1, -0.05) is 30.3 Å². The molecule has 0 aliphatic heterocycles. The number of Topliss-reactive ketones (excluding diaryl/α,β-unsaturated/α-hetero) is 1. The minimum Gasteiger partial charge on any atom is -0.324 e. The standard InChI is InChI=1S/C9H11O4P/c1-14(11,12)13-7-9(10)8-5-3-2-4-6-8/h2-6H,7H2,1H3,(H,11,12). The first kappa shape index (κ1) is 11.1. The van der Waals surface area contributed by atoms with Gasteiger partial charge >= 0.3 is 7.60 Å². The minimum atomic E-state index is -3.56. The van der Waals surface area contributed by atoms with Gasteiger partial charge in [-0.3, -0.25) is 9.36 Å². The number of hydrogen-bond donors (Lipinski definition) is 1. The van der Waals surface area contributed by atoms with Crippen LogP contribution in [0, 0.1) is 0 Å². The monoisotopic (exact) mass is 214 g/mol. The van der Waals surface area contributed by atoms with Crippen molar-refractivity contribution in [1.29, 1.82) is 0 Å². The van der Waals surface area contributed by atoms with Gasteiger partial charge in [-0.2, -0.15) is 0 Å². The summed E-state index contributed by atoms with van der Waals surface area (Å²) in [6, 6.07) is 8.48. The molecule has 0 aliphatic rings. The molecule has 1 N–H and O–H groups in total. The first-order valence-corrected chi connectivity index (χ1v) is 6.04. The molecule has 0 saturated heterocycles. The van der Waals surface area contributed by atoms with E-state index in [2.05, 4.69) is 4.52 Å². The highest BCUT2D eigenvalue weighted by atomic mass is 31.2. The highest BCUT2D eigenvalue weighted by Gasteiger charge is 2.13. The van der Waals surface area contributed by atoms with E-state index in [0.717, 1.165) is 6.66 Å². The predicted molar refractivity (Wildman–Crippen MR) is 52.5 cm³/mol. The molecule has 0 aromatic heterocycles. The molecule has 4 nitrogen and oxygen atoms in total. The summed E-state index contributed by atoms with van der Waals surface area (Å²) in [6.07, 6.45) is 0. The van der Waals surface area contributed by atoms with E-state index < -0.39 is 7.60 Å². The van der Waals surface area contributed by atoms with E-state index in [4.69, 9.17) is 4.89 Å². The summed E-state index contributed by atoms with van der Waals surface area (Å²) in [6.45, 7) is 0.680. The Morgan fingerprint density at radius 2 is 2.00 bits per heavy atom. The lowest BCUT2D eigenvalue weighted by molar-refractivity contribution is 0.0911. The number of carbonyl (C=O) groups excluding carboxylic acids is 1. The molecule has 0 bridgehead atoms. The highest BCUT2D eigenvalue weighted by Crippen LogP contribution is 2.36. The summed E-state index contributed by atoms with van der Waals surface area (Å²) in [4.78, 5) is 20.1. The van der Waals surface area contributed by atoms with Crippen LogP contribution in [0.5, 0.6) is 0 Å². The lowest BCUT2D eigenvalue weighted by Crippen LogP contribution is -2.07. The van der Waals surface area contributed by atoms with Crippen LogP contribution < -0.4 is 0 Å². The first-order valence-electron chi connectivity index (χ1n) is 4.02. The van der Waals surface area contributed by atoms with E-state index in [-0.39, 0.29) is 12.4 Å². The van der Waals surface area contributed by atoms with Crippen molar-refractivity contribution in [1.82, 2.24) is 0 Å². The van der Waals surface area contributed by atoms with E-state index in [1.54, 1.807) is 30.3 Å². The molecular weight excluding hydrogens is 203 g/mol. The first-order chi connectivity index (χ1) is 6.49. The molecule has 0 radical (unpaired) electrons. The molecule has 1 rings (SSSR count). The van der Waals surface area contributed by atoms with Crippen molar-refractivity contribution in [3.63, 3.8) is 0 Å². The van der Waals surface area contributed by atoms with Crippen molar-refractivity contribution in [2.24, 2.45) is 0 Å². The molecule has 1 atom stereocenters. The molecule has 5 heteroatoms. The van der Waals surface area contributed by atoms with Crippen molar-refractivity contribution in [3.05, 3.63) is 35.9 Å². The second kappa shape index (κ2) is 4.51. The summed E-state index contributed by atoms with van der Waals surface area (Å²) >= 11 is 0. The fraction of sp³-hybridized carbons (Fsp3) is 0.222. The minimum absolute atomic E-state index is 0.304. The average Bonchev–Trinajstić information content (AvgIpc) is 2.14. The maximum atomic E-state index is 11.3. The zero-order chi connectivity index (χ0) is 10.6. The summed E-state index contributed by atoms with van der Waals surface area (Å²) < 4.78 is 15.2. The van der Waals surface area contributed by atoms with Crippen LogP contribution in [0.15, 0.2) is 30.3 Å². The Hall–Kier alpha value is -0.960. The molecule has 1 unspecified atom stereocenters. The zero-order valence-electron chi connectivity index (χ0n) is 7.71. The molecule has 14 heavy (non-hydrogen) atoms. The van der Waals surface area contributed by atoms with Gasteiger partial charge in [-0.25, -0.2) is 0 Å². The fourth-order valence-electron chi connectivity index (χ4n) is 0.886. The molecule has 0 fully saturated rings. The summed E-state index contributed by atoms with van der Waals surface area (Å²) in [7, 11) is -3.56. The van der Waals surface area contributed by atoms with E-state index >= 15 is 0 Å². The lowest BCUT2D eigenvalue weighted by atomic mass is 10.1. The number of hydrogen-bond acceptors (Lipinski definition) is 3. The third-order valence-corrected chi connectivity index (χ3v) is 2.14. The van der Waals surface area contributed by atoms with Gasteiger partial charge in [0.1, 0.15) is 6.61 Å². The Morgan fingerprint density at radius 1 is 1.43 bits per heavy atom. The van der Waals surface area contributed by atoms with Crippen molar-refractivity contribution >= 4 is 13.4 Å². The van der Waals surface area contributed by atoms with Crippen LogP contribution in [-0.4, -0.2) is 23.9 Å². The number of ketones is 1. The molecule has 1 aromatic carbocycles. The Kier molecular flexibility index (Phi) is 3.58. The average molecular weight is 214 g/mol. The third-order valence-electron chi connectivity index (χ3n) is 1.53. The highest BCUT2D eigenvalue weighted by molar-refractivity contribution is 7.51. The molecule has 0 heterocycles. The van der Waals surface area contributed by atoms with Crippen LogP contribution in [-0.2, 0) is 9.09 Å². The maximum absolute atomic E-state index is 11.3. The van der Waals surface area contributed by atoms with Crippen LogP contribution in [0.4, 0.5) is 0 Å². The molecule has 0 amide bonds. The van der Waals surface area contributed by atoms with Crippen LogP contribution in [0.3, 0.4) is 0 Å². The lowest BCUT2D eigenvalue weighted by Gasteiger charge is -2.05. The molecular formula is C9H11O4P. The van der Waals surface area contributed by atoms with Crippen molar-refractivity contribution in [3.8, 4) is 0 Å². The van der Waals surface area contributed by atoms with E-state index in [9.17, 15) is 9.36 Å². The summed E-state index contributed by atoms with van der Waals surface area (Å²) in [5, 5.41) is 0. The Balaban J connectivity index is 2.57. The van der Waals surface area contributed by atoms with Crippen LogP contribution in [0.1, 0.15) is 10.4 Å². The molecule has 0 aliphatic carbocycles. The van der Waals surface area contributed by atoms with E-state index in [1.165, 1.54) is 0 Å². The van der Waals surface area contributed by atoms with Gasteiger partial charge in [0.05, 0.1) is 0 Å². The second-order valence-corrected chi connectivity index (χ2v) is 4.73. The largest absolute Gasteiger partial charge is 0.325 e. The molecule has 0 spiro atoms. The topological polar surface area (TPSA) is 63.6 Å². The third kappa shape index (κ3) is 3.83.